The topological polar surface area (TPSA) is 91.8 Å². The number of rotatable bonds is 5. The molecule has 2 amide bonds. The number of hydrogen-bond acceptors (Lipinski definition) is 6. The lowest BCUT2D eigenvalue weighted by molar-refractivity contribution is -0.117. The van der Waals surface area contributed by atoms with Crippen molar-refractivity contribution in [2.45, 2.75) is 6.42 Å². The highest BCUT2D eigenvalue weighted by atomic mass is 16.5. The zero-order chi connectivity index (χ0) is 20.6. The third-order valence-electron chi connectivity index (χ3n) is 4.70. The largest absolute Gasteiger partial charge is 0.465 e. The first-order chi connectivity index (χ1) is 14.1. The molecule has 1 fully saturated rings. The lowest BCUT2D eigenvalue weighted by atomic mass is 10.2. The van der Waals surface area contributed by atoms with Crippen molar-refractivity contribution in [3.05, 3.63) is 59.9 Å². The molecule has 1 N–H and O–H groups in total. The van der Waals surface area contributed by atoms with E-state index in [0.29, 0.717) is 25.2 Å². The van der Waals surface area contributed by atoms with Gasteiger partial charge in [-0.3, -0.25) is 19.5 Å². The van der Waals surface area contributed by atoms with Gasteiger partial charge < -0.3 is 15.0 Å². The number of amides is 2. The van der Waals surface area contributed by atoms with Crippen LogP contribution in [0.4, 0.5) is 5.69 Å². The smallest absolute Gasteiger partial charge is 0.339 e. The number of nitrogens with one attached hydrogen (secondary N) is 1. The van der Waals surface area contributed by atoms with Gasteiger partial charge in [0.2, 0.25) is 5.91 Å². The van der Waals surface area contributed by atoms with Crippen LogP contribution in [0.3, 0.4) is 0 Å². The van der Waals surface area contributed by atoms with Crippen LogP contribution in [0.25, 0.3) is 0 Å². The molecule has 1 aliphatic heterocycles. The van der Waals surface area contributed by atoms with Gasteiger partial charge in [-0.15, -0.1) is 0 Å². The molecule has 0 spiro atoms. The van der Waals surface area contributed by atoms with Gasteiger partial charge >= 0.3 is 5.97 Å². The van der Waals surface area contributed by atoms with Gasteiger partial charge in [0.1, 0.15) is 5.69 Å². The molecule has 0 saturated carbocycles. The third-order valence-corrected chi connectivity index (χ3v) is 4.70. The van der Waals surface area contributed by atoms with Gasteiger partial charge in [-0.05, 0) is 30.7 Å². The number of para-hydroxylation sites is 1. The number of benzene rings is 1. The maximum atomic E-state index is 12.7. The third kappa shape index (κ3) is 5.61. The first-order valence-electron chi connectivity index (χ1n) is 9.47. The summed E-state index contributed by atoms with van der Waals surface area (Å²) in [5.74, 6) is -0.747. The molecule has 0 atom stereocenters. The number of pyridine rings is 1. The number of carbonyl (C=O) groups is 3. The summed E-state index contributed by atoms with van der Waals surface area (Å²) in [5.41, 5.74) is 1.36. The highest BCUT2D eigenvalue weighted by Gasteiger charge is 2.22. The van der Waals surface area contributed by atoms with E-state index in [4.69, 9.17) is 0 Å². The molecule has 0 unspecified atom stereocenters. The fourth-order valence-corrected chi connectivity index (χ4v) is 3.18. The number of aromatic nitrogens is 1. The Balaban J connectivity index is 1.53. The molecule has 2 heterocycles. The minimum absolute atomic E-state index is 0.0731. The Morgan fingerprint density at radius 3 is 2.52 bits per heavy atom. The van der Waals surface area contributed by atoms with Crippen LogP contribution in [0.15, 0.2) is 48.7 Å². The predicted octanol–water partition coefficient (Wildman–Crippen LogP) is 1.65. The van der Waals surface area contributed by atoms with Crippen LogP contribution < -0.4 is 5.32 Å². The molecule has 0 aliphatic carbocycles. The molecule has 0 radical (unpaired) electrons. The van der Waals surface area contributed by atoms with E-state index in [1.54, 1.807) is 4.90 Å². The number of nitrogens with zero attached hydrogens (tertiary/aromatic N) is 3. The average molecular weight is 396 g/mol. The Morgan fingerprint density at radius 2 is 1.83 bits per heavy atom. The second-order valence-corrected chi connectivity index (χ2v) is 6.76. The first-order valence-corrected chi connectivity index (χ1v) is 9.47. The molecule has 2 aromatic rings. The Labute approximate surface area is 169 Å². The van der Waals surface area contributed by atoms with E-state index in [9.17, 15) is 14.4 Å². The summed E-state index contributed by atoms with van der Waals surface area (Å²) in [6.07, 6.45) is 2.11. The number of carbonyl (C=O) groups excluding carboxylic acids is 3. The summed E-state index contributed by atoms with van der Waals surface area (Å²) in [6, 6.07) is 12.4. The number of methoxy groups -OCH3 is 1. The van der Waals surface area contributed by atoms with Gasteiger partial charge in [-0.25, -0.2) is 4.79 Å². The van der Waals surface area contributed by atoms with Gasteiger partial charge in [-0.1, -0.05) is 18.2 Å². The summed E-state index contributed by atoms with van der Waals surface area (Å²) < 4.78 is 4.64. The summed E-state index contributed by atoms with van der Waals surface area (Å²) in [5, 5.41) is 2.88. The minimum Gasteiger partial charge on any atom is -0.465 e. The van der Waals surface area contributed by atoms with Gasteiger partial charge in [0.15, 0.2) is 0 Å². The molecular weight excluding hydrogens is 372 g/mol. The lowest BCUT2D eigenvalue weighted by Crippen LogP contribution is -2.38. The van der Waals surface area contributed by atoms with E-state index in [0.717, 1.165) is 18.7 Å². The highest BCUT2D eigenvalue weighted by Crippen LogP contribution is 2.10. The molecule has 0 bridgehead atoms. The quantitative estimate of drug-likeness (QED) is 0.773. The Hall–Kier alpha value is -3.26. The van der Waals surface area contributed by atoms with E-state index >= 15 is 0 Å². The maximum Gasteiger partial charge on any atom is 0.339 e. The fraction of sp³-hybridized carbons (Fsp3) is 0.333. The van der Waals surface area contributed by atoms with Crippen molar-refractivity contribution >= 4 is 23.5 Å². The molecule has 1 aromatic heterocycles. The van der Waals surface area contributed by atoms with Gasteiger partial charge in [0.25, 0.3) is 5.91 Å². The van der Waals surface area contributed by atoms with Crippen LogP contribution in [0.1, 0.15) is 27.3 Å². The summed E-state index contributed by atoms with van der Waals surface area (Å²) >= 11 is 0. The van der Waals surface area contributed by atoms with Crippen molar-refractivity contribution in [1.29, 1.82) is 0 Å². The lowest BCUT2D eigenvalue weighted by Gasteiger charge is -2.21. The zero-order valence-corrected chi connectivity index (χ0v) is 16.3. The Morgan fingerprint density at radius 1 is 1.03 bits per heavy atom. The standard InChI is InChI=1S/C21H24N4O4/c1-29-21(28)16-8-9-18(22-14-16)20(27)25-11-5-10-24(12-13-25)15-19(26)23-17-6-3-2-4-7-17/h2-4,6-9,14H,5,10-13,15H2,1H3,(H,23,26). The van der Waals surface area contributed by atoms with E-state index < -0.39 is 5.97 Å². The first kappa shape index (κ1) is 20.5. The number of ether oxygens (including phenoxy) is 1. The molecule has 152 valence electrons. The second-order valence-electron chi connectivity index (χ2n) is 6.76. The number of esters is 1. The van der Waals surface area contributed by atoms with E-state index in [1.807, 2.05) is 35.2 Å². The van der Waals surface area contributed by atoms with Gasteiger partial charge in [-0.2, -0.15) is 0 Å². The molecule has 3 rings (SSSR count). The minimum atomic E-state index is -0.490. The van der Waals surface area contributed by atoms with Crippen LogP contribution in [0.2, 0.25) is 0 Å². The fourth-order valence-electron chi connectivity index (χ4n) is 3.18. The van der Waals surface area contributed by atoms with Crippen LogP contribution in [-0.2, 0) is 9.53 Å². The summed E-state index contributed by atoms with van der Waals surface area (Å²) in [6.45, 7) is 2.73. The predicted molar refractivity (Wildman–Crippen MR) is 108 cm³/mol. The molecule has 29 heavy (non-hydrogen) atoms. The van der Waals surface area contributed by atoms with E-state index in [-0.39, 0.29) is 24.1 Å². The SMILES string of the molecule is COC(=O)c1ccc(C(=O)N2CCCN(CC(=O)Nc3ccccc3)CC2)nc1. The molecular formula is C21H24N4O4. The van der Waals surface area contributed by atoms with Crippen molar-refractivity contribution in [1.82, 2.24) is 14.8 Å². The summed E-state index contributed by atoms with van der Waals surface area (Å²) in [4.78, 5) is 44.3. The zero-order valence-electron chi connectivity index (χ0n) is 16.3. The highest BCUT2D eigenvalue weighted by molar-refractivity contribution is 5.94. The van der Waals surface area contributed by atoms with Crippen LogP contribution in [-0.4, -0.2) is 72.4 Å². The van der Waals surface area contributed by atoms with Crippen molar-refractivity contribution in [3.63, 3.8) is 0 Å². The van der Waals surface area contributed by atoms with Crippen molar-refractivity contribution in [3.8, 4) is 0 Å². The average Bonchev–Trinajstić information content (AvgIpc) is 2.99. The van der Waals surface area contributed by atoms with Crippen LogP contribution in [0.5, 0.6) is 0 Å². The van der Waals surface area contributed by atoms with Crippen molar-refractivity contribution < 1.29 is 19.1 Å². The number of hydrogen-bond donors (Lipinski definition) is 1. The van der Waals surface area contributed by atoms with Gasteiger partial charge in [0.05, 0.1) is 19.2 Å². The Kier molecular flexibility index (Phi) is 6.91. The molecule has 1 aliphatic rings. The maximum absolute atomic E-state index is 12.7. The monoisotopic (exact) mass is 396 g/mol. The molecule has 1 aromatic carbocycles. The molecule has 1 saturated heterocycles. The van der Waals surface area contributed by atoms with Crippen molar-refractivity contribution in [2.75, 3.05) is 45.2 Å². The summed E-state index contributed by atoms with van der Waals surface area (Å²) in [7, 11) is 1.30. The van der Waals surface area contributed by atoms with Crippen molar-refractivity contribution in [2.24, 2.45) is 0 Å². The normalized spacial score (nSPS) is 14.7. The Bertz CT molecular complexity index is 855. The van der Waals surface area contributed by atoms with E-state index in [1.165, 1.54) is 25.4 Å². The molecule has 8 heteroatoms. The number of anilines is 1. The van der Waals surface area contributed by atoms with Gasteiger partial charge in [0, 0.05) is 38.1 Å². The molecule has 8 nitrogen and oxygen atoms in total. The van der Waals surface area contributed by atoms with Crippen LogP contribution >= 0.6 is 0 Å². The second kappa shape index (κ2) is 9.79. The van der Waals surface area contributed by atoms with Crippen LogP contribution in [0, 0.1) is 0 Å². The van der Waals surface area contributed by atoms with E-state index in [2.05, 4.69) is 15.0 Å².